The van der Waals surface area contributed by atoms with E-state index in [1.807, 2.05) is 31.2 Å². The molecule has 1 saturated heterocycles. The van der Waals surface area contributed by atoms with E-state index in [1.165, 1.54) is 6.92 Å². The van der Waals surface area contributed by atoms with Crippen LogP contribution in [-0.4, -0.2) is 41.8 Å². The van der Waals surface area contributed by atoms with Gasteiger partial charge in [-0.2, -0.15) is 0 Å². The molecule has 1 heterocycles. The topological polar surface area (TPSA) is 78.5 Å². The Balaban J connectivity index is 1.92. The number of carbonyl (C=O) groups is 3. The third-order valence-corrected chi connectivity index (χ3v) is 4.55. The summed E-state index contributed by atoms with van der Waals surface area (Å²) in [6.07, 6.45) is 1.73. The van der Waals surface area contributed by atoms with E-state index in [0.29, 0.717) is 13.1 Å². The number of likely N-dealkylation sites (tertiary alicyclic amines) is 1. The highest BCUT2D eigenvalue weighted by Crippen LogP contribution is 2.18. The molecule has 3 amide bonds. The highest BCUT2D eigenvalue weighted by molar-refractivity contribution is 5.79. The quantitative estimate of drug-likeness (QED) is 0.852. The van der Waals surface area contributed by atoms with Gasteiger partial charge in [-0.25, -0.2) is 0 Å². The molecule has 2 N–H and O–H groups in total. The van der Waals surface area contributed by atoms with Crippen molar-refractivity contribution in [2.45, 2.75) is 52.1 Å². The zero-order valence-corrected chi connectivity index (χ0v) is 15.2. The lowest BCUT2D eigenvalue weighted by molar-refractivity contribution is -0.130. The minimum atomic E-state index is -0.338. The highest BCUT2D eigenvalue weighted by atomic mass is 16.2. The summed E-state index contributed by atoms with van der Waals surface area (Å²) < 4.78 is 0. The highest BCUT2D eigenvalue weighted by Gasteiger charge is 2.23. The van der Waals surface area contributed by atoms with Gasteiger partial charge in [-0.1, -0.05) is 29.8 Å². The number of rotatable bonds is 5. The van der Waals surface area contributed by atoms with Crippen LogP contribution in [0.4, 0.5) is 0 Å². The van der Waals surface area contributed by atoms with Crippen molar-refractivity contribution < 1.29 is 14.4 Å². The monoisotopic (exact) mass is 345 g/mol. The van der Waals surface area contributed by atoms with Crippen LogP contribution in [0.1, 0.15) is 50.3 Å². The lowest BCUT2D eigenvalue weighted by atomic mass is 10.0. The van der Waals surface area contributed by atoms with E-state index in [-0.39, 0.29) is 36.2 Å². The van der Waals surface area contributed by atoms with Crippen LogP contribution in [0.2, 0.25) is 0 Å². The van der Waals surface area contributed by atoms with Crippen molar-refractivity contribution in [2.75, 3.05) is 13.1 Å². The van der Waals surface area contributed by atoms with E-state index in [0.717, 1.165) is 24.0 Å². The Morgan fingerprint density at radius 1 is 1.12 bits per heavy atom. The second kappa shape index (κ2) is 8.65. The van der Waals surface area contributed by atoms with Crippen LogP contribution >= 0.6 is 0 Å². The molecular weight excluding hydrogens is 318 g/mol. The molecule has 0 aromatic heterocycles. The van der Waals surface area contributed by atoms with E-state index in [9.17, 15) is 14.4 Å². The van der Waals surface area contributed by atoms with Crippen molar-refractivity contribution in [3.8, 4) is 0 Å². The summed E-state index contributed by atoms with van der Waals surface area (Å²) in [6.45, 7) is 6.37. The Kier molecular flexibility index (Phi) is 6.56. The summed E-state index contributed by atoms with van der Waals surface area (Å²) in [5, 5.41) is 5.89. The molecule has 1 aliphatic heterocycles. The largest absolute Gasteiger partial charge is 0.353 e. The summed E-state index contributed by atoms with van der Waals surface area (Å²) in [6, 6.07) is 7.57. The molecule has 0 radical (unpaired) electrons. The second-order valence-corrected chi connectivity index (χ2v) is 6.72. The predicted molar refractivity (Wildman–Crippen MR) is 95.8 cm³/mol. The number of carbonyl (C=O) groups excluding carboxylic acids is 3. The molecule has 0 spiro atoms. The van der Waals surface area contributed by atoms with Gasteiger partial charge in [-0.05, 0) is 25.3 Å². The molecule has 25 heavy (non-hydrogen) atoms. The smallest absolute Gasteiger partial charge is 0.222 e. The molecule has 0 aliphatic carbocycles. The molecular formula is C19H27N3O3. The summed E-state index contributed by atoms with van der Waals surface area (Å²) in [7, 11) is 0. The van der Waals surface area contributed by atoms with Gasteiger partial charge in [0.15, 0.2) is 0 Å². The van der Waals surface area contributed by atoms with Crippen LogP contribution in [0, 0.1) is 6.92 Å². The number of nitrogens with one attached hydrogen (secondary N) is 2. The van der Waals surface area contributed by atoms with E-state index < -0.39 is 0 Å². The Labute approximate surface area is 149 Å². The maximum Gasteiger partial charge on any atom is 0.222 e. The average Bonchev–Trinajstić information content (AvgIpc) is 2.55. The standard InChI is InChI=1S/C19H27N3O3/c1-13-4-6-16(7-5-13)18(20-14(2)23)12-19(25)21-17-8-10-22(11-9-17)15(3)24/h4-7,17-18H,8-12H2,1-3H3,(H,20,23)(H,21,25). The summed E-state index contributed by atoms with van der Waals surface area (Å²) in [5.41, 5.74) is 2.05. The molecule has 1 fully saturated rings. The van der Waals surface area contributed by atoms with Crippen molar-refractivity contribution in [3.05, 3.63) is 35.4 Å². The molecule has 0 bridgehead atoms. The first-order valence-corrected chi connectivity index (χ1v) is 8.73. The average molecular weight is 345 g/mol. The Morgan fingerprint density at radius 2 is 1.72 bits per heavy atom. The number of benzene rings is 1. The van der Waals surface area contributed by atoms with Gasteiger partial charge in [0.2, 0.25) is 17.7 Å². The Hall–Kier alpha value is -2.37. The minimum Gasteiger partial charge on any atom is -0.353 e. The van der Waals surface area contributed by atoms with E-state index in [4.69, 9.17) is 0 Å². The van der Waals surface area contributed by atoms with Crippen LogP contribution in [0.5, 0.6) is 0 Å². The molecule has 0 saturated carbocycles. The zero-order chi connectivity index (χ0) is 18.4. The zero-order valence-electron chi connectivity index (χ0n) is 15.2. The molecule has 1 aromatic rings. The predicted octanol–water partition coefficient (Wildman–Crippen LogP) is 1.69. The third-order valence-electron chi connectivity index (χ3n) is 4.55. The molecule has 6 heteroatoms. The van der Waals surface area contributed by atoms with Crippen LogP contribution in [-0.2, 0) is 14.4 Å². The van der Waals surface area contributed by atoms with E-state index >= 15 is 0 Å². The van der Waals surface area contributed by atoms with Crippen LogP contribution < -0.4 is 10.6 Å². The number of aryl methyl sites for hydroxylation is 1. The Morgan fingerprint density at radius 3 is 2.24 bits per heavy atom. The lowest BCUT2D eigenvalue weighted by Crippen LogP contribution is -2.46. The van der Waals surface area contributed by atoms with Crippen LogP contribution in [0.3, 0.4) is 0 Å². The fourth-order valence-electron chi connectivity index (χ4n) is 3.11. The van der Waals surface area contributed by atoms with Gasteiger partial charge in [-0.15, -0.1) is 0 Å². The first-order valence-electron chi connectivity index (χ1n) is 8.73. The fraction of sp³-hybridized carbons (Fsp3) is 0.526. The minimum absolute atomic E-state index is 0.0786. The summed E-state index contributed by atoms with van der Waals surface area (Å²) in [4.78, 5) is 37.1. The van der Waals surface area contributed by atoms with Gasteiger partial charge in [0.1, 0.15) is 0 Å². The number of hydrogen-bond acceptors (Lipinski definition) is 3. The molecule has 1 aromatic carbocycles. The third kappa shape index (κ3) is 5.89. The SMILES string of the molecule is CC(=O)NC(CC(=O)NC1CCN(C(C)=O)CC1)c1ccc(C)cc1. The van der Waals surface area contributed by atoms with E-state index in [1.54, 1.807) is 11.8 Å². The van der Waals surface area contributed by atoms with Crippen molar-refractivity contribution >= 4 is 17.7 Å². The van der Waals surface area contributed by atoms with Crippen molar-refractivity contribution in [3.63, 3.8) is 0 Å². The van der Waals surface area contributed by atoms with Gasteiger partial charge in [0.05, 0.1) is 12.5 Å². The molecule has 1 atom stereocenters. The maximum atomic E-state index is 12.4. The van der Waals surface area contributed by atoms with Gasteiger partial charge in [0, 0.05) is 33.0 Å². The van der Waals surface area contributed by atoms with Crippen LogP contribution in [0.15, 0.2) is 24.3 Å². The van der Waals surface area contributed by atoms with E-state index in [2.05, 4.69) is 10.6 Å². The molecule has 1 aliphatic rings. The van der Waals surface area contributed by atoms with Crippen LogP contribution in [0.25, 0.3) is 0 Å². The van der Waals surface area contributed by atoms with Gasteiger partial charge >= 0.3 is 0 Å². The maximum absolute atomic E-state index is 12.4. The van der Waals surface area contributed by atoms with Crippen molar-refractivity contribution in [1.29, 1.82) is 0 Å². The lowest BCUT2D eigenvalue weighted by Gasteiger charge is -2.32. The van der Waals surface area contributed by atoms with Crippen molar-refractivity contribution in [2.24, 2.45) is 0 Å². The van der Waals surface area contributed by atoms with Gasteiger partial charge in [-0.3, -0.25) is 14.4 Å². The first-order chi connectivity index (χ1) is 11.8. The number of hydrogen-bond donors (Lipinski definition) is 2. The molecule has 2 rings (SSSR count). The second-order valence-electron chi connectivity index (χ2n) is 6.72. The van der Waals surface area contributed by atoms with Crippen molar-refractivity contribution in [1.82, 2.24) is 15.5 Å². The molecule has 136 valence electrons. The summed E-state index contributed by atoms with van der Waals surface area (Å²) >= 11 is 0. The van der Waals surface area contributed by atoms with Gasteiger partial charge in [0.25, 0.3) is 0 Å². The number of nitrogens with zero attached hydrogens (tertiary/aromatic N) is 1. The van der Waals surface area contributed by atoms with Gasteiger partial charge < -0.3 is 15.5 Å². The molecule has 1 unspecified atom stereocenters. The number of piperidine rings is 1. The molecule has 6 nitrogen and oxygen atoms in total. The first kappa shape index (κ1) is 19.0. The summed E-state index contributed by atoms with van der Waals surface area (Å²) in [5.74, 6) is -0.163. The Bertz CT molecular complexity index is 619. The number of amides is 3. The normalized spacial score (nSPS) is 16.2. The fourth-order valence-corrected chi connectivity index (χ4v) is 3.11.